The lowest BCUT2D eigenvalue weighted by Crippen LogP contribution is -2.43. The van der Waals surface area contributed by atoms with Gasteiger partial charge in [0, 0.05) is 12.0 Å². The van der Waals surface area contributed by atoms with Crippen LogP contribution in [0.5, 0.6) is 0 Å². The fourth-order valence-corrected chi connectivity index (χ4v) is 1.84. The van der Waals surface area contributed by atoms with Crippen molar-refractivity contribution < 1.29 is 4.39 Å². The molecule has 1 atom stereocenters. The van der Waals surface area contributed by atoms with Gasteiger partial charge in [-0.2, -0.15) is 0 Å². The number of alkyl halides is 1. The average Bonchev–Trinajstić information content (AvgIpc) is 2.15. The molecular weight excluding hydrogens is 189 g/mol. The third-order valence-electron chi connectivity index (χ3n) is 3.04. The number of hydrogen-bond acceptors (Lipinski definition) is 1. The standard InChI is InChI=1S/C13H20FN/c1-10-7-5-6-8-11(10)13(14,9-15)12(2,3)4/h5-8H,9,15H2,1-4H3. The van der Waals surface area contributed by atoms with E-state index in [0.29, 0.717) is 5.56 Å². The van der Waals surface area contributed by atoms with Crippen LogP contribution in [0.4, 0.5) is 4.39 Å². The molecule has 1 aromatic rings. The summed E-state index contributed by atoms with van der Waals surface area (Å²) in [5, 5.41) is 0. The van der Waals surface area contributed by atoms with Crippen LogP contribution in [0, 0.1) is 12.3 Å². The van der Waals surface area contributed by atoms with E-state index in [1.54, 1.807) is 0 Å². The summed E-state index contributed by atoms with van der Waals surface area (Å²) in [4.78, 5) is 0. The molecule has 0 aliphatic rings. The second-order valence-corrected chi connectivity index (χ2v) is 5.07. The van der Waals surface area contributed by atoms with Gasteiger partial charge in [-0.25, -0.2) is 4.39 Å². The molecule has 0 saturated heterocycles. The zero-order chi connectivity index (χ0) is 11.7. The highest BCUT2D eigenvalue weighted by Crippen LogP contribution is 2.43. The highest BCUT2D eigenvalue weighted by atomic mass is 19.1. The molecule has 0 fully saturated rings. The highest BCUT2D eigenvalue weighted by molar-refractivity contribution is 5.33. The van der Waals surface area contributed by atoms with Crippen LogP contribution < -0.4 is 5.73 Å². The third kappa shape index (κ3) is 2.05. The summed E-state index contributed by atoms with van der Waals surface area (Å²) in [6.07, 6.45) is 0. The Labute approximate surface area is 91.5 Å². The highest BCUT2D eigenvalue weighted by Gasteiger charge is 2.43. The van der Waals surface area contributed by atoms with Gasteiger partial charge in [0.25, 0.3) is 0 Å². The van der Waals surface area contributed by atoms with Gasteiger partial charge in [0.05, 0.1) is 0 Å². The van der Waals surface area contributed by atoms with E-state index in [9.17, 15) is 4.39 Å². The first kappa shape index (κ1) is 12.2. The molecule has 1 unspecified atom stereocenters. The molecule has 0 spiro atoms. The number of nitrogens with two attached hydrogens (primary N) is 1. The van der Waals surface area contributed by atoms with Crippen molar-refractivity contribution in [3.8, 4) is 0 Å². The quantitative estimate of drug-likeness (QED) is 0.795. The monoisotopic (exact) mass is 209 g/mol. The molecule has 0 bridgehead atoms. The topological polar surface area (TPSA) is 26.0 Å². The van der Waals surface area contributed by atoms with Crippen LogP contribution in [0.2, 0.25) is 0 Å². The van der Waals surface area contributed by atoms with Crippen LogP contribution in [-0.2, 0) is 5.67 Å². The van der Waals surface area contributed by atoms with Crippen molar-refractivity contribution in [1.82, 2.24) is 0 Å². The molecule has 0 aromatic heterocycles. The van der Waals surface area contributed by atoms with Gasteiger partial charge in [0.15, 0.2) is 5.67 Å². The number of benzene rings is 1. The van der Waals surface area contributed by atoms with Crippen molar-refractivity contribution in [3.63, 3.8) is 0 Å². The van der Waals surface area contributed by atoms with Gasteiger partial charge in [0.1, 0.15) is 0 Å². The molecule has 0 aliphatic carbocycles. The fraction of sp³-hybridized carbons (Fsp3) is 0.538. The molecule has 1 rings (SSSR count). The van der Waals surface area contributed by atoms with Crippen LogP contribution in [0.1, 0.15) is 31.9 Å². The van der Waals surface area contributed by atoms with Gasteiger partial charge in [-0.05, 0) is 18.1 Å². The number of rotatable bonds is 2. The van der Waals surface area contributed by atoms with E-state index >= 15 is 0 Å². The first-order valence-corrected chi connectivity index (χ1v) is 5.28. The zero-order valence-corrected chi connectivity index (χ0v) is 9.97. The van der Waals surface area contributed by atoms with Crippen molar-refractivity contribution in [2.24, 2.45) is 11.1 Å². The molecule has 84 valence electrons. The van der Waals surface area contributed by atoms with Crippen LogP contribution in [0.3, 0.4) is 0 Å². The number of halogens is 1. The minimum Gasteiger partial charge on any atom is -0.327 e. The Morgan fingerprint density at radius 1 is 1.20 bits per heavy atom. The van der Waals surface area contributed by atoms with Gasteiger partial charge in [-0.1, -0.05) is 45.0 Å². The number of aryl methyl sites for hydroxylation is 1. The van der Waals surface area contributed by atoms with Gasteiger partial charge in [0.2, 0.25) is 0 Å². The van der Waals surface area contributed by atoms with E-state index in [1.807, 2.05) is 52.0 Å². The molecule has 15 heavy (non-hydrogen) atoms. The van der Waals surface area contributed by atoms with Gasteiger partial charge in [-0.3, -0.25) is 0 Å². The van der Waals surface area contributed by atoms with Gasteiger partial charge in [-0.15, -0.1) is 0 Å². The Morgan fingerprint density at radius 2 is 1.73 bits per heavy atom. The van der Waals surface area contributed by atoms with Gasteiger partial charge >= 0.3 is 0 Å². The van der Waals surface area contributed by atoms with E-state index in [4.69, 9.17) is 5.73 Å². The average molecular weight is 209 g/mol. The predicted octanol–water partition coefficient (Wildman–Crippen LogP) is 3.16. The Hall–Kier alpha value is -0.890. The molecule has 0 saturated carbocycles. The Morgan fingerprint density at radius 3 is 2.13 bits per heavy atom. The normalized spacial score (nSPS) is 16.1. The van der Waals surface area contributed by atoms with Crippen molar-refractivity contribution in [2.45, 2.75) is 33.4 Å². The molecule has 0 radical (unpaired) electrons. The van der Waals surface area contributed by atoms with E-state index in [1.165, 1.54) is 0 Å². The minimum atomic E-state index is -1.46. The van der Waals surface area contributed by atoms with Crippen molar-refractivity contribution in [3.05, 3.63) is 35.4 Å². The third-order valence-corrected chi connectivity index (χ3v) is 3.04. The van der Waals surface area contributed by atoms with Crippen molar-refractivity contribution >= 4 is 0 Å². The summed E-state index contributed by atoms with van der Waals surface area (Å²) >= 11 is 0. The lowest BCUT2D eigenvalue weighted by Gasteiger charge is -2.38. The van der Waals surface area contributed by atoms with Gasteiger partial charge < -0.3 is 5.73 Å². The molecule has 0 amide bonds. The molecular formula is C13H20FN. The Kier molecular flexibility index (Phi) is 3.19. The first-order chi connectivity index (χ1) is 6.83. The van der Waals surface area contributed by atoms with E-state index in [-0.39, 0.29) is 6.54 Å². The molecule has 0 heterocycles. The maximum Gasteiger partial charge on any atom is 0.153 e. The molecule has 0 aliphatic heterocycles. The second-order valence-electron chi connectivity index (χ2n) is 5.07. The summed E-state index contributed by atoms with van der Waals surface area (Å²) in [6, 6.07) is 7.52. The number of hydrogen-bond donors (Lipinski definition) is 1. The summed E-state index contributed by atoms with van der Waals surface area (Å²) in [5.74, 6) is 0. The SMILES string of the molecule is Cc1ccccc1C(F)(CN)C(C)(C)C. The van der Waals surface area contributed by atoms with Crippen molar-refractivity contribution in [2.75, 3.05) is 6.54 Å². The van der Waals surface area contributed by atoms with E-state index < -0.39 is 11.1 Å². The molecule has 1 aromatic carbocycles. The van der Waals surface area contributed by atoms with Crippen LogP contribution in [0.25, 0.3) is 0 Å². The Bertz CT molecular complexity index is 341. The smallest absolute Gasteiger partial charge is 0.153 e. The van der Waals surface area contributed by atoms with E-state index in [2.05, 4.69) is 0 Å². The zero-order valence-electron chi connectivity index (χ0n) is 9.97. The lowest BCUT2D eigenvalue weighted by atomic mass is 9.72. The largest absolute Gasteiger partial charge is 0.327 e. The van der Waals surface area contributed by atoms with E-state index in [0.717, 1.165) is 5.56 Å². The molecule has 2 heteroatoms. The van der Waals surface area contributed by atoms with Crippen LogP contribution >= 0.6 is 0 Å². The van der Waals surface area contributed by atoms with Crippen LogP contribution in [0.15, 0.2) is 24.3 Å². The van der Waals surface area contributed by atoms with Crippen molar-refractivity contribution in [1.29, 1.82) is 0 Å². The minimum absolute atomic E-state index is 0.0152. The summed E-state index contributed by atoms with van der Waals surface area (Å²) < 4.78 is 14.9. The molecule has 1 nitrogen and oxygen atoms in total. The fourth-order valence-electron chi connectivity index (χ4n) is 1.84. The predicted molar refractivity (Wildman–Crippen MR) is 62.5 cm³/mol. The van der Waals surface area contributed by atoms with Crippen LogP contribution in [-0.4, -0.2) is 6.54 Å². The maximum atomic E-state index is 14.9. The first-order valence-electron chi connectivity index (χ1n) is 5.28. The summed E-state index contributed by atoms with van der Waals surface area (Å²) in [5.41, 5.74) is 5.33. The maximum absolute atomic E-state index is 14.9. The second kappa shape index (κ2) is 3.93. The summed E-state index contributed by atoms with van der Waals surface area (Å²) in [6.45, 7) is 7.58. The molecule has 2 N–H and O–H groups in total. The Balaban J connectivity index is 3.30. The lowest BCUT2D eigenvalue weighted by molar-refractivity contribution is 0.0337. The summed E-state index contributed by atoms with van der Waals surface area (Å²) in [7, 11) is 0.